The van der Waals surface area contributed by atoms with Gasteiger partial charge >= 0.3 is 23.9 Å². The van der Waals surface area contributed by atoms with Crippen molar-refractivity contribution in [1.29, 1.82) is 0 Å². The molecule has 0 saturated heterocycles. The van der Waals surface area contributed by atoms with Gasteiger partial charge in [-0.3, -0.25) is 19.2 Å². The Morgan fingerprint density at radius 1 is 0.556 bits per heavy atom. The van der Waals surface area contributed by atoms with Crippen LogP contribution in [0.2, 0.25) is 0 Å². The molecule has 4 N–H and O–H groups in total. The van der Waals surface area contributed by atoms with Gasteiger partial charge in [0.2, 0.25) is 0 Å². The van der Waals surface area contributed by atoms with Crippen molar-refractivity contribution < 1.29 is 39.6 Å². The van der Waals surface area contributed by atoms with Crippen molar-refractivity contribution >= 4 is 23.9 Å². The first-order valence-corrected chi connectivity index (χ1v) is 5.09. The van der Waals surface area contributed by atoms with Crippen LogP contribution in [0.4, 0.5) is 0 Å². The number of hydrogen-bond acceptors (Lipinski definition) is 4. The fraction of sp³-hybridized carbons (Fsp3) is 0.600. The predicted molar refractivity (Wildman–Crippen MR) is 56.0 cm³/mol. The molecule has 0 aromatic rings. The van der Waals surface area contributed by atoms with Crippen LogP contribution in [0.25, 0.3) is 0 Å². The third kappa shape index (κ3) is 7.20. The van der Waals surface area contributed by atoms with Crippen molar-refractivity contribution in [2.75, 3.05) is 0 Å². The quantitative estimate of drug-likeness (QED) is 0.457. The highest BCUT2D eigenvalue weighted by atomic mass is 16.4. The zero-order valence-corrected chi connectivity index (χ0v) is 9.40. The Labute approximate surface area is 102 Å². The summed E-state index contributed by atoms with van der Waals surface area (Å²) in [6.45, 7) is 0. The van der Waals surface area contributed by atoms with Gasteiger partial charge in [-0.05, 0) is 11.8 Å². The van der Waals surface area contributed by atoms with Gasteiger partial charge in [0.15, 0.2) is 0 Å². The zero-order chi connectivity index (χ0) is 14.3. The third-order valence-electron chi connectivity index (χ3n) is 2.41. The Kier molecular flexibility index (Phi) is 6.40. The van der Waals surface area contributed by atoms with Crippen LogP contribution in [-0.2, 0) is 19.2 Å². The lowest BCUT2D eigenvalue weighted by molar-refractivity contribution is -0.147. The Hall–Kier alpha value is -2.12. The van der Waals surface area contributed by atoms with E-state index in [1.807, 2.05) is 0 Å². The lowest BCUT2D eigenvalue weighted by atomic mass is 9.82. The molecule has 0 aliphatic carbocycles. The van der Waals surface area contributed by atoms with E-state index in [2.05, 4.69) is 0 Å². The van der Waals surface area contributed by atoms with E-state index in [1.165, 1.54) is 0 Å². The highest BCUT2D eigenvalue weighted by Crippen LogP contribution is 2.26. The van der Waals surface area contributed by atoms with Gasteiger partial charge in [0.05, 0.1) is 0 Å². The first kappa shape index (κ1) is 15.9. The summed E-state index contributed by atoms with van der Waals surface area (Å²) in [6.07, 6.45) is -2.29. The van der Waals surface area contributed by atoms with Crippen LogP contribution in [0.15, 0.2) is 0 Å². The van der Waals surface area contributed by atoms with E-state index in [4.69, 9.17) is 20.4 Å². The minimum absolute atomic E-state index is 0.572. The SMILES string of the molecule is O=C(O)CC(CC(=O)O)C(CC(=O)O)CC(=O)O. The lowest BCUT2D eigenvalue weighted by Gasteiger charge is -2.21. The fourth-order valence-corrected chi connectivity index (χ4v) is 1.71. The summed E-state index contributed by atoms with van der Waals surface area (Å²) < 4.78 is 0. The van der Waals surface area contributed by atoms with Crippen molar-refractivity contribution in [1.82, 2.24) is 0 Å². The Bertz CT molecular complexity index is 282. The average molecular weight is 262 g/mol. The van der Waals surface area contributed by atoms with Gasteiger partial charge in [-0.25, -0.2) is 0 Å². The first-order valence-electron chi connectivity index (χ1n) is 5.09. The number of carboxylic acids is 4. The fourth-order valence-electron chi connectivity index (χ4n) is 1.71. The van der Waals surface area contributed by atoms with E-state index in [9.17, 15) is 19.2 Å². The van der Waals surface area contributed by atoms with Crippen molar-refractivity contribution in [3.63, 3.8) is 0 Å². The minimum atomic E-state index is -1.29. The van der Waals surface area contributed by atoms with Crippen LogP contribution < -0.4 is 0 Å². The number of aliphatic carboxylic acids is 4. The van der Waals surface area contributed by atoms with Gasteiger partial charge in [0.25, 0.3) is 0 Å². The number of carbonyl (C=O) groups is 4. The monoisotopic (exact) mass is 262 g/mol. The summed E-state index contributed by atoms with van der Waals surface area (Å²) in [4.78, 5) is 42.3. The van der Waals surface area contributed by atoms with E-state index in [0.29, 0.717) is 0 Å². The topological polar surface area (TPSA) is 149 Å². The molecule has 0 aliphatic heterocycles. The van der Waals surface area contributed by atoms with Gasteiger partial charge in [-0.2, -0.15) is 0 Å². The normalized spacial score (nSPS) is 10.6. The summed E-state index contributed by atoms with van der Waals surface area (Å²) in [5.41, 5.74) is 0. The van der Waals surface area contributed by atoms with Crippen LogP contribution >= 0.6 is 0 Å². The largest absolute Gasteiger partial charge is 0.481 e. The molecule has 102 valence electrons. The maximum Gasteiger partial charge on any atom is 0.303 e. The first-order chi connectivity index (χ1) is 8.22. The van der Waals surface area contributed by atoms with Crippen LogP contribution in [-0.4, -0.2) is 44.3 Å². The molecule has 0 heterocycles. The maximum atomic E-state index is 10.6. The van der Waals surface area contributed by atoms with E-state index >= 15 is 0 Å². The summed E-state index contributed by atoms with van der Waals surface area (Å²) in [7, 11) is 0. The van der Waals surface area contributed by atoms with Gasteiger partial charge in [0.1, 0.15) is 0 Å². The van der Waals surface area contributed by atoms with E-state index in [1.54, 1.807) is 0 Å². The van der Waals surface area contributed by atoms with E-state index < -0.39 is 61.4 Å². The average Bonchev–Trinajstić information content (AvgIpc) is 2.12. The zero-order valence-electron chi connectivity index (χ0n) is 9.40. The standard InChI is InChI=1S/C10H14O8/c11-7(12)1-5(2-8(13)14)6(3-9(15)16)4-10(17)18/h5-6H,1-4H2,(H,11,12)(H,13,14)(H,15,16)(H,17,18). The molecular formula is C10H14O8. The molecule has 0 radical (unpaired) electrons. The molecule has 0 aromatic heterocycles. The second-order valence-corrected chi connectivity index (χ2v) is 3.91. The molecule has 0 rings (SSSR count). The third-order valence-corrected chi connectivity index (χ3v) is 2.41. The summed E-state index contributed by atoms with van der Waals surface area (Å²) in [5.74, 6) is -7.20. The van der Waals surface area contributed by atoms with E-state index in [0.717, 1.165) is 0 Å². The highest BCUT2D eigenvalue weighted by molar-refractivity contribution is 5.73. The number of rotatable bonds is 9. The number of hydrogen-bond donors (Lipinski definition) is 4. The van der Waals surface area contributed by atoms with Gasteiger partial charge < -0.3 is 20.4 Å². The van der Waals surface area contributed by atoms with Crippen molar-refractivity contribution in [2.24, 2.45) is 11.8 Å². The number of carboxylic acid groups (broad SMARTS) is 4. The molecule has 0 aromatic carbocycles. The molecular weight excluding hydrogens is 248 g/mol. The Morgan fingerprint density at radius 3 is 0.833 bits per heavy atom. The molecule has 0 bridgehead atoms. The van der Waals surface area contributed by atoms with Crippen molar-refractivity contribution in [3.05, 3.63) is 0 Å². The maximum absolute atomic E-state index is 10.6. The van der Waals surface area contributed by atoms with E-state index in [-0.39, 0.29) is 0 Å². The van der Waals surface area contributed by atoms with Gasteiger partial charge in [-0.1, -0.05) is 0 Å². The summed E-state index contributed by atoms with van der Waals surface area (Å²) >= 11 is 0. The second kappa shape index (κ2) is 7.25. The minimum Gasteiger partial charge on any atom is -0.481 e. The smallest absolute Gasteiger partial charge is 0.303 e. The molecule has 18 heavy (non-hydrogen) atoms. The Morgan fingerprint density at radius 2 is 0.722 bits per heavy atom. The molecule has 0 unspecified atom stereocenters. The van der Waals surface area contributed by atoms with Gasteiger partial charge in [-0.15, -0.1) is 0 Å². The Balaban J connectivity index is 4.90. The van der Waals surface area contributed by atoms with Crippen LogP contribution in [0.1, 0.15) is 25.7 Å². The molecule has 0 saturated carbocycles. The molecule has 0 fully saturated rings. The molecule has 0 atom stereocenters. The molecule has 0 aliphatic rings. The predicted octanol–water partition coefficient (Wildman–Crippen LogP) is 0.118. The molecule has 8 heteroatoms. The summed E-state index contributed by atoms with van der Waals surface area (Å²) in [6, 6.07) is 0. The van der Waals surface area contributed by atoms with Crippen LogP contribution in [0.3, 0.4) is 0 Å². The molecule has 0 spiro atoms. The second-order valence-electron chi connectivity index (χ2n) is 3.91. The summed E-state index contributed by atoms with van der Waals surface area (Å²) in [5, 5.41) is 34.5. The van der Waals surface area contributed by atoms with Crippen molar-refractivity contribution in [3.8, 4) is 0 Å². The lowest BCUT2D eigenvalue weighted by Crippen LogP contribution is -2.26. The molecule has 8 nitrogen and oxygen atoms in total. The van der Waals surface area contributed by atoms with Gasteiger partial charge in [0, 0.05) is 25.7 Å². The van der Waals surface area contributed by atoms with Crippen LogP contribution in [0.5, 0.6) is 0 Å². The van der Waals surface area contributed by atoms with Crippen molar-refractivity contribution in [2.45, 2.75) is 25.7 Å². The van der Waals surface area contributed by atoms with Crippen LogP contribution in [0, 0.1) is 11.8 Å². The highest BCUT2D eigenvalue weighted by Gasteiger charge is 2.30. The molecule has 0 amide bonds.